The molecule has 19 heavy (non-hydrogen) atoms. The summed E-state index contributed by atoms with van der Waals surface area (Å²) in [4.78, 5) is 4.83. The van der Waals surface area contributed by atoms with Crippen molar-refractivity contribution in [1.29, 1.82) is 0 Å². The number of nitrogens with one attached hydrogen (secondary N) is 1. The molecule has 2 heterocycles. The zero-order chi connectivity index (χ0) is 13.7. The van der Waals surface area contributed by atoms with Crippen LogP contribution in [0.4, 0.5) is 5.13 Å². The molecule has 1 atom stereocenters. The van der Waals surface area contributed by atoms with Crippen molar-refractivity contribution < 1.29 is 0 Å². The van der Waals surface area contributed by atoms with Gasteiger partial charge in [0.2, 0.25) is 5.13 Å². The third-order valence-corrected chi connectivity index (χ3v) is 4.47. The SMILES string of the molecule is CCCNc1nnc(CN(C)C2CCCN(C)C2)s1. The number of nitrogens with zero attached hydrogens (tertiary/aromatic N) is 4. The molecule has 1 fully saturated rings. The van der Waals surface area contributed by atoms with Gasteiger partial charge in [0.25, 0.3) is 0 Å². The van der Waals surface area contributed by atoms with Gasteiger partial charge in [-0.05, 0) is 39.9 Å². The zero-order valence-corrected chi connectivity index (χ0v) is 13.0. The fraction of sp³-hybridized carbons (Fsp3) is 0.846. The average molecular weight is 283 g/mol. The van der Waals surface area contributed by atoms with Crippen LogP contribution in [0.3, 0.4) is 0 Å². The molecule has 1 N–H and O–H groups in total. The highest BCUT2D eigenvalue weighted by molar-refractivity contribution is 7.15. The predicted molar refractivity (Wildman–Crippen MR) is 80.7 cm³/mol. The number of anilines is 1. The summed E-state index contributed by atoms with van der Waals surface area (Å²) in [6.45, 7) is 6.43. The largest absolute Gasteiger partial charge is 0.360 e. The lowest BCUT2D eigenvalue weighted by atomic mass is 10.1. The van der Waals surface area contributed by atoms with Crippen molar-refractivity contribution in [3.05, 3.63) is 5.01 Å². The second-order valence-corrected chi connectivity index (χ2v) is 6.46. The van der Waals surface area contributed by atoms with Crippen molar-refractivity contribution in [2.45, 2.75) is 38.8 Å². The molecule has 0 amide bonds. The number of rotatable bonds is 6. The van der Waals surface area contributed by atoms with E-state index in [0.717, 1.165) is 36.2 Å². The monoisotopic (exact) mass is 283 g/mol. The van der Waals surface area contributed by atoms with Gasteiger partial charge < -0.3 is 10.2 Å². The normalized spacial score (nSPS) is 20.9. The first-order chi connectivity index (χ1) is 9.19. The van der Waals surface area contributed by atoms with Crippen molar-refractivity contribution >= 4 is 16.5 Å². The van der Waals surface area contributed by atoms with Crippen LogP contribution in [-0.4, -0.2) is 59.8 Å². The fourth-order valence-electron chi connectivity index (χ4n) is 2.46. The molecule has 1 aliphatic rings. The van der Waals surface area contributed by atoms with Crippen molar-refractivity contribution in [3.63, 3.8) is 0 Å². The van der Waals surface area contributed by atoms with E-state index in [1.54, 1.807) is 11.3 Å². The third-order valence-electron chi connectivity index (χ3n) is 3.60. The quantitative estimate of drug-likeness (QED) is 0.863. The maximum absolute atomic E-state index is 4.27. The molecule has 0 aliphatic carbocycles. The standard InChI is InChI=1S/C13H25N5S/c1-4-7-14-13-16-15-12(19-13)10-18(3)11-6-5-8-17(2)9-11/h11H,4-10H2,1-3H3,(H,14,16). The summed E-state index contributed by atoms with van der Waals surface area (Å²) in [5.74, 6) is 0. The Bertz CT molecular complexity index is 381. The van der Waals surface area contributed by atoms with Crippen LogP contribution in [0, 0.1) is 0 Å². The molecular formula is C13H25N5S. The van der Waals surface area contributed by atoms with E-state index in [9.17, 15) is 0 Å². The molecule has 2 rings (SSSR count). The summed E-state index contributed by atoms with van der Waals surface area (Å²) in [5.41, 5.74) is 0. The number of likely N-dealkylation sites (N-methyl/N-ethyl adjacent to an activating group) is 2. The maximum Gasteiger partial charge on any atom is 0.205 e. The first-order valence-corrected chi connectivity index (χ1v) is 7.95. The van der Waals surface area contributed by atoms with Crippen molar-refractivity contribution in [3.8, 4) is 0 Å². The summed E-state index contributed by atoms with van der Waals surface area (Å²) >= 11 is 1.68. The Morgan fingerprint density at radius 3 is 3.05 bits per heavy atom. The van der Waals surface area contributed by atoms with Crippen LogP contribution in [0.25, 0.3) is 0 Å². The van der Waals surface area contributed by atoms with Gasteiger partial charge in [0.1, 0.15) is 5.01 Å². The van der Waals surface area contributed by atoms with Crippen molar-refractivity contribution in [2.75, 3.05) is 39.0 Å². The smallest absolute Gasteiger partial charge is 0.205 e. The Labute approximate surface area is 120 Å². The van der Waals surface area contributed by atoms with Crippen molar-refractivity contribution in [1.82, 2.24) is 20.0 Å². The molecule has 0 spiro atoms. The molecule has 0 bridgehead atoms. The Hall–Kier alpha value is -0.720. The summed E-state index contributed by atoms with van der Waals surface area (Å²) in [6.07, 6.45) is 3.70. The minimum absolute atomic E-state index is 0.648. The van der Waals surface area contributed by atoms with E-state index in [1.165, 1.54) is 19.4 Å². The first kappa shape index (κ1) is 14.7. The number of hydrogen-bond donors (Lipinski definition) is 1. The molecule has 1 unspecified atom stereocenters. The van der Waals surface area contributed by atoms with Gasteiger partial charge in [-0.1, -0.05) is 18.3 Å². The summed E-state index contributed by atoms with van der Waals surface area (Å²) in [6, 6.07) is 0.648. The van der Waals surface area contributed by atoms with Gasteiger partial charge in [-0.25, -0.2) is 0 Å². The van der Waals surface area contributed by atoms with Crippen LogP contribution < -0.4 is 5.32 Å². The number of hydrogen-bond acceptors (Lipinski definition) is 6. The van der Waals surface area contributed by atoms with E-state index in [0.29, 0.717) is 6.04 Å². The molecule has 0 saturated carbocycles. The van der Waals surface area contributed by atoms with Crippen LogP contribution in [0.15, 0.2) is 0 Å². The van der Waals surface area contributed by atoms with Gasteiger partial charge in [-0.15, -0.1) is 10.2 Å². The highest BCUT2D eigenvalue weighted by Gasteiger charge is 2.21. The van der Waals surface area contributed by atoms with Crippen LogP contribution in [0.2, 0.25) is 0 Å². The molecular weight excluding hydrogens is 258 g/mol. The number of piperidine rings is 1. The van der Waals surface area contributed by atoms with E-state index in [4.69, 9.17) is 0 Å². The summed E-state index contributed by atoms with van der Waals surface area (Å²) < 4.78 is 0. The Kier molecular flexibility index (Phi) is 5.54. The highest BCUT2D eigenvalue weighted by atomic mass is 32.1. The van der Waals surface area contributed by atoms with Gasteiger partial charge >= 0.3 is 0 Å². The summed E-state index contributed by atoms with van der Waals surface area (Å²) in [7, 11) is 4.40. The predicted octanol–water partition coefficient (Wildman–Crippen LogP) is 1.89. The topological polar surface area (TPSA) is 44.3 Å². The first-order valence-electron chi connectivity index (χ1n) is 7.14. The summed E-state index contributed by atoms with van der Waals surface area (Å²) in [5, 5.41) is 13.8. The molecule has 108 valence electrons. The maximum atomic E-state index is 4.27. The van der Waals surface area contributed by atoms with Gasteiger partial charge in [0.05, 0.1) is 6.54 Å². The van der Waals surface area contributed by atoms with Gasteiger partial charge in [0.15, 0.2) is 0 Å². The molecule has 1 aromatic rings. The lowest BCUT2D eigenvalue weighted by Gasteiger charge is -2.35. The van der Waals surface area contributed by atoms with E-state index < -0.39 is 0 Å². The molecule has 0 aromatic carbocycles. The molecule has 1 aliphatic heterocycles. The second-order valence-electron chi connectivity index (χ2n) is 5.40. The molecule has 1 saturated heterocycles. The second kappa shape index (κ2) is 7.17. The van der Waals surface area contributed by atoms with Crippen LogP contribution >= 0.6 is 11.3 Å². The van der Waals surface area contributed by atoms with Gasteiger partial charge in [-0.3, -0.25) is 4.90 Å². The Morgan fingerprint density at radius 2 is 2.32 bits per heavy atom. The molecule has 5 nitrogen and oxygen atoms in total. The molecule has 1 aromatic heterocycles. The third kappa shape index (κ3) is 4.40. The van der Waals surface area contributed by atoms with Gasteiger partial charge in [-0.2, -0.15) is 0 Å². The van der Waals surface area contributed by atoms with E-state index >= 15 is 0 Å². The Morgan fingerprint density at radius 1 is 1.47 bits per heavy atom. The van der Waals surface area contributed by atoms with Crippen LogP contribution in [-0.2, 0) is 6.54 Å². The minimum atomic E-state index is 0.648. The minimum Gasteiger partial charge on any atom is -0.360 e. The average Bonchev–Trinajstić information content (AvgIpc) is 2.84. The lowest BCUT2D eigenvalue weighted by Crippen LogP contribution is -2.44. The Balaban J connectivity index is 1.84. The van der Waals surface area contributed by atoms with Crippen LogP contribution in [0.5, 0.6) is 0 Å². The fourth-order valence-corrected chi connectivity index (χ4v) is 3.29. The van der Waals surface area contributed by atoms with E-state index in [1.807, 2.05) is 0 Å². The van der Waals surface area contributed by atoms with Crippen LogP contribution in [0.1, 0.15) is 31.2 Å². The van der Waals surface area contributed by atoms with Gasteiger partial charge in [0, 0.05) is 19.1 Å². The van der Waals surface area contributed by atoms with E-state index in [-0.39, 0.29) is 0 Å². The highest BCUT2D eigenvalue weighted by Crippen LogP contribution is 2.20. The number of likely N-dealkylation sites (tertiary alicyclic amines) is 1. The zero-order valence-electron chi connectivity index (χ0n) is 12.2. The lowest BCUT2D eigenvalue weighted by molar-refractivity contribution is 0.129. The molecule has 6 heteroatoms. The number of aromatic nitrogens is 2. The van der Waals surface area contributed by atoms with Crippen molar-refractivity contribution in [2.24, 2.45) is 0 Å². The molecule has 0 radical (unpaired) electrons. The van der Waals surface area contributed by atoms with E-state index in [2.05, 4.69) is 46.3 Å².